The summed E-state index contributed by atoms with van der Waals surface area (Å²) in [5.74, 6) is 0. The first-order chi connectivity index (χ1) is 1.73. The van der Waals surface area contributed by atoms with Gasteiger partial charge in [0.2, 0.25) is 8.53 Å². The first-order valence-electron chi connectivity index (χ1n) is 1.09. The van der Waals surface area contributed by atoms with E-state index in [9.17, 15) is 0 Å². The molecule has 0 bridgehead atoms. The highest BCUT2D eigenvalue weighted by Crippen LogP contribution is 2.12. The van der Waals surface area contributed by atoms with Crippen molar-refractivity contribution in [1.29, 1.82) is 0 Å². The molecule has 23 valence electrons. The second-order valence-electron chi connectivity index (χ2n) is 0.847. The Morgan fingerprint density at radius 1 is 1.50 bits per heavy atom. The van der Waals surface area contributed by atoms with Crippen LogP contribution in [0.15, 0.2) is 0 Å². The summed E-state index contributed by atoms with van der Waals surface area (Å²) >= 11 is 0. The van der Waals surface area contributed by atoms with E-state index in [1.807, 2.05) is 0 Å². The van der Waals surface area contributed by atoms with Crippen LogP contribution in [0.1, 0.15) is 0 Å². The molecule has 4 heavy (non-hydrogen) atoms. The maximum absolute atomic E-state index is 4.03. The van der Waals surface area contributed by atoms with Gasteiger partial charge < -0.3 is 0 Å². The molecule has 0 heterocycles. The van der Waals surface area contributed by atoms with E-state index < -0.39 is 0 Å². The fourth-order valence-corrected chi connectivity index (χ4v) is 0. The molecule has 2 heteroatoms. The quantitative estimate of drug-likeness (QED) is 0.401. The van der Waals surface area contributed by atoms with E-state index in [1.54, 1.807) is 0 Å². The monoisotopic (exact) mass is 92.0 g/mol. The molecule has 1 radical (unpaired) electrons. The highest BCUT2D eigenvalue weighted by molar-refractivity contribution is 7.85. The van der Waals surface area contributed by atoms with Crippen LogP contribution in [0.2, 0.25) is 0 Å². The molecule has 0 aliphatic heterocycles. The van der Waals surface area contributed by atoms with Crippen LogP contribution in [0.5, 0.6) is 0 Å². The lowest BCUT2D eigenvalue weighted by Gasteiger charge is -1.46. The van der Waals surface area contributed by atoms with Crippen molar-refractivity contribution >= 4 is 15.7 Å². The van der Waals surface area contributed by atoms with Gasteiger partial charge in [0.15, 0.2) is 0 Å². The molecule has 0 aromatic carbocycles. The molecule has 0 amide bonds. The smallest absolute Gasteiger partial charge is 0.0991 e. The second-order valence-corrected chi connectivity index (χ2v) is 4.94. The van der Waals surface area contributed by atoms with Crippen molar-refractivity contribution in [2.75, 3.05) is 13.3 Å². The third-order valence-electron chi connectivity index (χ3n) is 0. The predicted molar refractivity (Wildman–Crippen MR) is 25.7 cm³/mol. The highest BCUT2D eigenvalue weighted by Gasteiger charge is 1.71. The van der Waals surface area contributed by atoms with Gasteiger partial charge in [0.1, 0.15) is 7.21 Å². The van der Waals surface area contributed by atoms with Gasteiger partial charge in [-0.15, -0.1) is 0 Å². The van der Waals surface area contributed by atoms with Crippen molar-refractivity contribution in [3.8, 4) is 0 Å². The summed E-state index contributed by atoms with van der Waals surface area (Å²) < 4.78 is 0. The Morgan fingerprint density at radius 2 is 1.50 bits per heavy atom. The molecule has 0 aromatic heterocycles. The first kappa shape index (κ1) is 4.60. The van der Waals surface area contributed by atoms with E-state index >= 15 is 0 Å². The number of hydrogen-bond acceptors (Lipinski definition) is 0. The molecule has 0 N–H and O–H groups in total. The maximum Gasteiger partial charge on any atom is 0.227 e. The summed E-state index contributed by atoms with van der Waals surface area (Å²) in [5.41, 5.74) is 0. The van der Waals surface area contributed by atoms with Gasteiger partial charge in [0, 0.05) is 0 Å². The average Bonchev–Trinajstić information content (AvgIpc) is 0.811. The molecule has 0 nitrogen and oxygen atoms in total. The van der Waals surface area contributed by atoms with Crippen LogP contribution in [0.25, 0.3) is 0 Å². The lowest BCUT2D eigenvalue weighted by molar-refractivity contribution is 2.31. The molecule has 0 rings (SSSR count). The molecule has 0 atom stereocenters. The van der Waals surface area contributed by atoms with E-state index in [4.69, 9.17) is 0 Å². The van der Waals surface area contributed by atoms with Crippen LogP contribution < -0.4 is 0 Å². The van der Waals surface area contributed by atoms with Gasteiger partial charge in [0.05, 0.1) is 13.3 Å². The van der Waals surface area contributed by atoms with Gasteiger partial charge in [-0.05, 0) is 0 Å². The molecule has 0 aliphatic carbocycles. The zero-order valence-electron chi connectivity index (χ0n) is 2.89. The first-order valence-corrected chi connectivity index (χ1v) is 4.48. The van der Waals surface area contributed by atoms with Crippen molar-refractivity contribution in [1.82, 2.24) is 0 Å². The van der Waals surface area contributed by atoms with Crippen LogP contribution in [0.4, 0.5) is 0 Å². The summed E-state index contributed by atoms with van der Waals surface area (Å²) in [4.78, 5) is 0. The Kier molecular flexibility index (Phi) is 2.16. The normalized spacial score (nSPS) is 6.50. The Morgan fingerprint density at radius 3 is 1.50 bits per heavy atom. The van der Waals surface area contributed by atoms with Gasteiger partial charge >= 0.3 is 0 Å². The Balaban J connectivity index is 2.80. The van der Waals surface area contributed by atoms with Gasteiger partial charge in [-0.2, -0.15) is 0 Å². The zero-order valence-corrected chi connectivity index (χ0v) is 4.68. The SMILES string of the molecule is C[P+](C)=[P]. The van der Waals surface area contributed by atoms with E-state index in [2.05, 4.69) is 21.9 Å². The van der Waals surface area contributed by atoms with E-state index in [1.165, 1.54) is 0 Å². The lowest BCUT2D eigenvalue weighted by atomic mass is 11.9. The molecule has 0 saturated heterocycles. The van der Waals surface area contributed by atoms with Crippen molar-refractivity contribution < 1.29 is 0 Å². The van der Waals surface area contributed by atoms with E-state index in [-0.39, 0.29) is 7.21 Å². The van der Waals surface area contributed by atoms with E-state index in [0.717, 1.165) is 0 Å². The minimum atomic E-state index is 0.0741. The topological polar surface area (TPSA) is 0 Å². The summed E-state index contributed by atoms with van der Waals surface area (Å²) in [5, 5.41) is 0. The Labute approximate surface area is 30.0 Å². The summed E-state index contributed by atoms with van der Waals surface area (Å²) in [6.07, 6.45) is 0. The third-order valence-corrected chi connectivity index (χ3v) is 0. The standard InChI is InChI=1S/C2H6P2/c1-4(2)3/h1-2H3/q+1. The minimum absolute atomic E-state index is 0.0741. The molecule has 0 aliphatic rings. The van der Waals surface area contributed by atoms with Crippen molar-refractivity contribution in [2.45, 2.75) is 0 Å². The molecule has 0 aromatic rings. The lowest BCUT2D eigenvalue weighted by Crippen LogP contribution is -1.26. The van der Waals surface area contributed by atoms with Crippen LogP contribution >= 0.6 is 15.7 Å². The molecule has 0 unspecified atom stereocenters. The third kappa shape index (κ3) is 18.5. The fraction of sp³-hybridized carbons (Fsp3) is 1.00. The fourth-order valence-electron chi connectivity index (χ4n) is 0. The van der Waals surface area contributed by atoms with Crippen LogP contribution in [0, 0.1) is 0 Å². The van der Waals surface area contributed by atoms with Crippen molar-refractivity contribution in [3.63, 3.8) is 0 Å². The Bertz CT molecular complexity index is 27.0. The van der Waals surface area contributed by atoms with Gasteiger partial charge in [-0.25, -0.2) is 0 Å². The molecular weight excluding hydrogens is 86.0 g/mol. The number of hydrogen-bond donors (Lipinski definition) is 0. The van der Waals surface area contributed by atoms with Crippen LogP contribution in [-0.4, -0.2) is 13.3 Å². The minimum Gasteiger partial charge on any atom is 0.0991 e. The molecule has 0 spiro atoms. The Hall–Kier alpha value is 0.600. The molecule has 0 saturated carbocycles. The largest absolute Gasteiger partial charge is 0.227 e. The molecular formula is C2H6P2+. The van der Waals surface area contributed by atoms with Crippen LogP contribution in [0.3, 0.4) is 0 Å². The summed E-state index contributed by atoms with van der Waals surface area (Å²) in [6, 6.07) is 0. The summed E-state index contributed by atoms with van der Waals surface area (Å²) in [6.45, 7) is 4.19. The van der Waals surface area contributed by atoms with Crippen LogP contribution in [-0.2, 0) is 0 Å². The second kappa shape index (κ2) is 1.88. The van der Waals surface area contributed by atoms with Crippen molar-refractivity contribution in [3.05, 3.63) is 0 Å². The predicted octanol–water partition coefficient (Wildman–Crippen LogP) is 2.05. The average molecular weight is 92.0 g/mol. The van der Waals surface area contributed by atoms with Gasteiger partial charge in [-0.3, -0.25) is 0 Å². The van der Waals surface area contributed by atoms with E-state index in [0.29, 0.717) is 0 Å². The maximum atomic E-state index is 4.03. The zero-order chi connectivity index (χ0) is 3.58. The number of rotatable bonds is 0. The van der Waals surface area contributed by atoms with Gasteiger partial charge in [-0.1, -0.05) is 0 Å². The summed E-state index contributed by atoms with van der Waals surface area (Å²) in [7, 11) is 4.10. The van der Waals surface area contributed by atoms with Gasteiger partial charge in [0.25, 0.3) is 0 Å². The molecule has 0 fully saturated rings. The van der Waals surface area contributed by atoms with Crippen molar-refractivity contribution in [2.24, 2.45) is 0 Å². The highest BCUT2D eigenvalue weighted by atomic mass is 31.7.